The van der Waals surface area contributed by atoms with Crippen LogP contribution in [0, 0.1) is 0 Å². The van der Waals surface area contributed by atoms with E-state index in [1.807, 2.05) is 0 Å². The lowest BCUT2D eigenvalue weighted by Gasteiger charge is -2.06. The highest BCUT2D eigenvalue weighted by atomic mass is 16.5. The first kappa shape index (κ1) is 16.2. The Kier molecular flexibility index (Phi) is 5.09. The fourth-order valence-electron chi connectivity index (χ4n) is 1.95. The Balaban J connectivity index is 1.91. The molecule has 23 heavy (non-hydrogen) atoms. The fourth-order valence-corrected chi connectivity index (χ4v) is 1.95. The highest BCUT2D eigenvalue weighted by Gasteiger charge is 2.09. The van der Waals surface area contributed by atoms with Gasteiger partial charge in [0, 0.05) is 6.42 Å². The number of ether oxygens (including phenoxy) is 1. The van der Waals surface area contributed by atoms with Crippen molar-refractivity contribution < 1.29 is 29.3 Å². The van der Waals surface area contributed by atoms with E-state index in [0.29, 0.717) is 11.3 Å². The smallest absolute Gasteiger partial charge is 0.335 e. The minimum atomic E-state index is -1.05. The number of carboxylic acids is 2. The summed E-state index contributed by atoms with van der Waals surface area (Å²) in [4.78, 5) is 33.5. The molecule has 6 heteroatoms. The maximum absolute atomic E-state index is 11.9. The molecular weight excluding hydrogens is 300 g/mol. The van der Waals surface area contributed by atoms with Crippen LogP contribution in [0.4, 0.5) is 0 Å². The summed E-state index contributed by atoms with van der Waals surface area (Å²) in [5, 5.41) is 17.7. The Morgan fingerprint density at radius 3 is 2.13 bits per heavy atom. The van der Waals surface area contributed by atoms with Gasteiger partial charge in [0.1, 0.15) is 12.4 Å². The quantitative estimate of drug-likeness (QED) is 0.813. The van der Waals surface area contributed by atoms with Gasteiger partial charge in [-0.05, 0) is 42.0 Å². The van der Waals surface area contributed by atoms with Crippen LogP contribution in [0.1, 0.15) is 26.3 Å². The van der Waals surface area contributed by atoms with E-state index in [-0.39, 0.29) is 29.9 Å². The standard InChI is InChI=1S/C17H14O6/c18-14(9-11-2-1-3-13(8-11)17(21)22)10-23-15-6-4-12(5-7-15)16(19)20/h1-8H,9-10H2,(H,19,20)(H,21,22). The van der Waals surface area contributed by atoms with Crippen LogP contribution >= 0.6 is 0 Å². The third-order valence-electron chi connectivity index (χ3n) is 3.08. The Morgan fingerprint density at radius 2 is 1.52 bits per heavy atom. The van der Waals surface area contributed by atoms with Gasteiger partial charge in [-0.25, -0.2) is 9.59 Å². The van der Waals surface area contributed by atoms with Crippen molar-refractivity contribution in [2.24, 2.45) is 0 Å². The summed E-state index contributed by atoms with van der Waals surface area (Å²) >= 11 is 0. The molecule has 0 aliphatic heterocycles. The maximum Gasteiger partial charge on any atom is 0.335 e. The first-order valence-electron chi connectivity index (χ1n) is 6.76. The number of benzene rings is 2. The Morgan fingerprint density at radius 1 is 0.870 bits per heavy atom. The molecule has 2 rings (SSSR count). The molecule has 2 aromatic rings. The maximum atomic E-state index is 11.9. The number of hydrogen-bond donors (Lipinski definition) is 2. The van der Waals surface area contributed by atoms with Gasteiger partial charge in [-0.1, -0.05) is 12.1 Å². The zero-order chi connectivity index (χ0) is 16.8. The number of carboxylic acid groups (broad SMARTS) is 2. The van der Waals surface area contributed by atoms with Gasteiger partial charge in [-0.2, -0.15) is 0 Å². The largest absolute Gasteiger partial charge is 0.486 e. The second kappa shape index (κ2) is 7.22. The van der Waals surface area contributed by atoms with Crippen LogP contribution in [0.5, 0.6) is 5.75 Å². The van der Waals surface area contributed by atoms with Gasteiger partial charge < -0.3 is 14.9 Å². The van der Waals surface area contributed by atoms with Crippen LogP contribution in [0.3, 0.4) is 0 Å². The van der Waals surface area contributed by atoms with Crippen molar-refractivity contribution in [1.29, 1.82) is 0 Å². The number of ketones is 1. The molecule has 0 heterocycles. The molecule has 2 N–H and O–H groups in total. The molecule has 0 aliphatic rings. The van der Waals surface area contributed by atoms with Gasteiger partial charge in [-0.3, -0.25) is 4.79 Å². The van der Waals surface area contributed by atoms with E-state index < -0.39 is 11.9 Å². The predicted octanol–water partition coefficient (Wildman–Crippen LogP) is 2.27. The first-order valence-corrected chi connectivity index (χ1v) is 6.76. The molecule has 0 bridgehead atoms. The third-order valence-corrected chi connectivity index (χ3v) is 3.08. The molecule has 0 saturated carbocycles. The summed E-state index contributed by atoms with van der Waals surface area (Å²) in [6.07, 6.45) is 0.0638. The number of carbonyl (C=O) groups is 3. The number of aromatic carboxylic acids is 2. The van der Waals surface area contributed by atoms with Gasteiger partial charge in [0.25, 0.3) is 0 Å². The van der Waals surface area contributed by atoms with Crippen LogP contribution < -0.4 is 4.74 Å². The van der Waals surface area contributed by atoms with Crippen molar-refractivity contribution in [3.63, 3.8) is 0 Å². The summed E-state index contributed by atoms with van der Waals surface area (Å²) in [5.41, 5.74) is 0.856. The van der Waals surface area contributed by atoms with E-state index >= 15 is 0 Å². The van der Waals surface area contributed by atoms with Crippen molar-refractivity contribution in [2.75, 3.05) is 6.61 Å². The normalized spacial score (nSPS) is 10.1. The van der Waals surface area contributed by atoms with E-state index in [1.54, 1.807) is 12.1 Å². The average molecular weight is 314 g/mol. The minimum absolute atomic E-state index is 0.0638. The van der Waals surface area contributed by atoms with Gasteiger partial charge in [0.05, 0.1) is 11.1 Å². The molecule has 0 radical (unpaired) electrons. The lowest BCUT2D eigenvalue weighted by molar-refractivity contribution is -0.120. The molecule has 118 valence electrons. The second-order valence-corrected chi connectivity index (χ2v) is 4.84. The van der Waals surface area contributed by atoms with E-state index in [0.717, 1.165) is 0 Å². The molecule has 0 amide bonds. The molecule has 0 aliphatic carbocycles. The molecule has 0 atom stereocenters. The lowest BCUT2D eigenvalue weighted by Crippen LogP contribution is -2.14. The van der Waals surface area contributed by atoms with Gasteiger partial charge in [0.15, 0.2) is 5.78 Å². The molecule has 0 aromatic heterocycles. The third kappa shape index (κ3) is 4.67. The summed E-state index contributed by atoms with van der Waals surface area (Å²) in [7, 11) is 0. The van der Waals surface area contributed by atoms with Crippen LogP contribution in [0.15, 0.2) is 48.5 Å². The zero-order valence-electron chi connectivity index (χ0n) is 12.1. The Hall–Kier alpha value is -3.15. The lowest BCUT2D eigenvalue weighted by atomic mass is 10.1. The summed E-state index contributed by atoms with van der Waals surface area (Å²) in [6.45, 7) is -0.177. The highest BCUT2D eigenvalue weighted by molar-refractivity contribution is 5.89. The SMILES string of the molecule is O=C(COc1ccc(C(=O)O)cc1)Cc1cccc(C(=O)O)c1. The van der Waals surface area contributed by atoms with Gasteiger partial charge in [-0.15, -0.1) is 0 Å². The van der Waals surface area contributed by atoms with Crippen molar-refractivity contribution in [1.82, 2.24) is 0 Å². The van der Waals surface area contributed by atoms with E-state index in [4.69, 9.17) is 14.9 Å². The predicted molar refractivity (Wildman–Crippen MR) is 81.0 cm³/mol. The zero-order valence-corrected chi connectivity index (χ0v) is 12.1. The summed E-state index contributed by atoms with van der Waals surface area (Å²) in [5.74, 6) is -1.91. The second-order valence-electron chi connectivity index (χ2n) is 4.84. The van der Waals surface area contributed by atoms with Crippen molar-refractivity contribution in [3.05, 3.63) is 65.2 Å². The van der Waals surface area contributed by atoms with E-state index in [9.17, 15) is 14.4 Å². The number of Topliss-reactive ketones (excluding diaryl/α,β-unsaturated/α-hetero) is 1. The minimum Gasteiger partial charge on any atom is -0.486 e. The topological polar surface area (TPSA) is 101 Å². The molecule has 0 fully saturated rings. The number of carbonyl (C=O) groups excluding carboxylic acids is 1. The average Bonchev–Trinajstić information content (AvgIpc) is 2.53. The van der Waals surface area contributed by atoms with Crippen molar-refractivity contribution >= 4 is 17.7 Å². The van der Waals surface area contributed by atoms with Crippen LogP contribution in [0.25, 0.3) is 0 Å². The van der Waals surface area contributed by atoms with Gasteiger partial charge in [0.2, 0.25) is 0 Å². The molecule has 2 aromatic carbocycles. The Labute approximate surface area is 131 Å². The number of rotatable bonds is 7. The summed E-state index contributed by atoms with van der Waals surface area (Å²) in [6, 6.07) is 11.9. The molecule has 6 nitrogen and oxygen atoms in total. The van der Waals surface area contributed by atoms with E-state index in [1.165, 1.54) is 36.4 Å². The van der Waals surface area contributed by atoms with E-state index in [2.05, 4.69) is 0 Å². The Bertz CT molecular complexity index is 733. The first-order chi connectivity index (χ1) is 11.0. The summed E-state index contributed by atoms with van der Waals surface area (Å²) < 4.78 is 5.29. The molecular formula is C17H14O6. The fraction of sp³-hybridized carbons (Fsp3) is 0.118. The number of hydrogen-bond acceptors (Lipinski definition) is 4. The van der Waals surface area contributed by atoms with Crippen LogP contribution in [0.2, 0.25) is 0 Å². The monoisotopic (exact) mass is 314 g/mol. The highest BCUT2D eigenvalue weighted by Crippen LogP contribution is 2.13. The molecule has 0 spiro atoms. The molecule has 0 unspecified atom stereocenters. The van der Waals surface area contributed by atoms with Crippen molar-refractivity contribution in [2.45, 2.75) is 6.42 Å². The van der Waals surface area contributed by atoms with Crippen LogP contribution in [-0.4, -0.2) is 34.5 Å². The van der Waals surface area contributed by atoms with Gasteiger partial charge >= 0.3 is 11.9 Å². The molecule has 0 saturated heterocycles. The van der Waals surface area contributed by atoms with Crippen molar-refractivity contribution in [3.8, 4) is 5.75 Å². The van der Waals surface area contributed by atoms with Crippen LogP contribution in [-0.2, 0) is 11.2 Å².